The lowest BCUT2D eigenvalue weighted by Crippen LogP contribution is -2.38. The monoisotopic (exact) mass is 317 g/mol. The molecular formula is C19H27NO3. The van der Waals surface area contributed by atoms with Gasteiger partial charge in [-0.1, -0.05) is 12.1 Å². The number of aliphatic hydroxyl groups is 2. The Hall–Kier alpha value is -1.10. The second-order valence-corrected chi connectivity index (χ2v) is 8.30. The summed E-state index contributed by atoms with van der Waals surface area (Å²) in [6.45, 7) is 7.29. The van der Waals surface area contributed by atoms with Crippen molar-refractivity contribution in [3.8, 4) is 5.75 Å². The van der Waals surface area contributed by atoms with Gasteiger partial charge in [0.1, 0.15) is 11.4 Å². The Morgan fingerprint density at radius 3 is 2.43 bits per heavy atom. The zero-order valence-corrected chi connectivity index (χ0v) is 14.0. The van der Waals surface area contributed by atoms with Crippen LogP contribution in [0.4, 0.5) is 0 Å². The van der Waals surface area contributed by atoms with E-state index < -0.39 is 12.2 Å². The number of nitrogens with zero attached hydrogens (tertiary/aromatic N) is 1. The molecule has 2 heterocycles. The van der Waals surface area contributed by atoms with Gasteiger partial charge in [-0.2, -0.15) is 0 Å². The third-order valence-corrected chi connectivity index (χ3v) is 5.72. The van der Waals surface area contributed by atoms with E-state index in [2.05, 4.69) is 36.9 Å². The minimum absolute atomic E-state index is 0.0875. The van der Waals surface area contributed by atoms with Gasteiger partial charge >= 0.3 is 0 Å². The van der Waals surface area contributed by atoms with E-state index in [1.807, 2.05) is 0 Å². The Kier molecular flexibility index (Phi) is 3.67. The van der Waals surface area contributed by atoms with E-state index in [1.165, 1.54) is 11.1 Å². The summed E-state index contributed by atoms with van der Waals surface area (Å²) in [4.78, 5) is 2.47. The third kappa shape index (κ3) is 3.00. The van der Waals surface area contributed by atoms with Crippen molar-refractivity contribution in [2.75, 3.05) is 13.1 Å². The molecule has 2 aliphatic heterocycles. The number of aliphatic hydroxyl groups excluding tert-OH is 2. The van der Waals surface area contributed by atoms with Crippen molar-refractivity contribution in [2.45, 2.75) is 57.5 Å². The lowest BCUT2D eigenvalue weighted by atomic mass is 9.79. The van der Waals surface area contributed by atoms with Crippen molar-refractivity contribution < 1.29 is 14.9 Å². The maximum absolute atomic E-state index is 9.87. The number of rotatable bonds is 2. The van der Waals surface area contributed by atoms with Crippen molar-refractivity contribution in [2.24, 2.45) is 11.8 Å². The quantitative estimate of drug-likeness (QED) is 0.875. The van der Waals surface area contributed by atoms with Gasteiger partial charge in [-0.3, -0.25) is 4.90 Å². The summed E-state index contributed by atoms with van der Waals surface area (Å²) in [5, 5.41) is 19.7. The molecule has 4 rings (SSSR count). The van der Waals surface area contributed by atoms with Crippen molar-refractivity contribution in [3.63, 3.8) is 0 Å². The molecule has 4 nitrogen and oxygen atoms in total. The zero-order valence-electron chi connectivity index (χ0n) is 14.0. The first kappa shape index (κ1) is 15.4. The lowest BCUT2D eigenvalue weighted by molar-refractivity contribution is -0.0372. The van der Waals surface area contributed by atoms with Crippen LogP contribution < -0.4 is 4.74 Å². The van der Waals surface area contributed by atoms with E-state index in [0.29, 0.717) is 11.8 Å². The van der Waals surface area contributed by atoms with Crippen LogP contribution >= 0.6 is 0 Å². The molecule has 0 bridgehead atoms. The van der Waals surface area contributed by atoms with Crippen LogP contribution in [0.3, 0.4) is 0 Å². The highest BCUT2D eigenvalue weighted by Crippen LogP contribution is 2.38. The molecule has 1 saturated heterocycles. The van der Waals surface area contributed by atoms with Crippen LogP contribution in [0.5, 0.6) is 5.75 Å². The second kappa shape index (κ2) is 5.47. The van der Waals surface area contributed by atoms with Crippen LogP contribution in [0, 0.1) is 11.8 Å². The summed E-state index contributed by atoms with van der Waals surface area (Å²) < 4.78 is 5.95. The summed E-state index contributed by atoms with van der Waals surface area (Å²) in [6.07, 6.45) is 1.40. The maximum atomic E-state index is 9.87. The Labute approximate surface area is 138 Å². The number of hydrogen-bond acceptors (Lipinski definition) is 4. The van der Waals surface area contributed by atoms with Gasteiger partial charge < -0.3 is 14.9 Å². The number of fused-ring (bicyclic) bond motifs is 2. The lowest BCUT2D eigenvalue weighted by Gasteiger charge is -2.32. The summed E-state index contributed by atoms with van der Waals surface area (Å²) in [5.41, 5.74) is 2.57. The average molecular weight is 317 g/mol. The van der Waals surface area contributed by atoms with E-state index in [9.17, 15) is 10.2 Å². The van der Waals surface area contributed by atoms with Crippen molar-refractivity contribution >= 4 is 0 Å². The van der Waals surface area contributed by atoms with Gasteiger partial charge in [-0.05, 0) is 55.7 Å². The SMILES string of the molecule is CC1(C)Cc2cc(CN3C[C@H]4C[C@H](O)[C@@H](O)C[C@H]4C3)ccc2O1. The molecule has 0 unspecified atom stereocenters. The normalized spacial score (nSPS) is 35.7. The standard InChI is InChI=1S/C19H27NO3/c1-19(2)8-13-5-12(3-4-18(13)23-19)9-20-10-14-6-16(21)17(22)7-15(14)11-20/h3-5,14-17,21-22H,6-11H2,1-2H3/t14-,15+,16-,17-/m0/s1. The minimum atomic E-state index is -0.532. The van der Waals surface area contributed by atoms with Gasteiger partial charge in [-0.25, -0.2) is 0 Å². The molecule has 0 spiro atoms. The Balaban J connectivity index is 1.42. The molecule has 2 fully saturated rings. The number of hydrogen-bond donors (Lipinski definition) is 2. The number of likely N-dealkylation sites (tertiary alicyclic amines) is 1. The number of benzene rings is 1. The number of ether oxygens (including phenoxy) is 1. The molecule has 0 amide bonds. The minimum Gasteiger partial charge on any atom is -0.487 e. The van der Waals surface area contributed by atoms with Gasteiger partial charge in [0.25, 0.3) is 0 Å². The van der Waals surface area contributed by atoms with E-state index in [1.54, 1.807) is 0 Å². The molecular weight excluding hydrogens is 290 g/mol. The van der Waals surface area contributed by atoms with E-state index in [0.717, 1.165) is 44.6 Å². The molecule has 2 N–H and O–H groups in total. The van der Waals surface area contributed by atoms with E-state index in [4.69, 9.17) is 4.74 Å². The van der Waals surface area contributed by atoms with Crippen LogP contribution in [0.2, 0.25) is 0 Å². The van der Waals surface area contributed by atoms with Crippen molar-refractivity contribution in [1.29, 1.82) is 0 Å². The molecule has 126 valence electrons. The second-order valence-electron chi connectivity index (χ2n) is 8.30. The highest BCUT2D eigenvalue weighted by molar-refractivity contribution is 5.41. The Bertz CT molecular complexity index is 582. The maximum Gasteiger partial charge on any atom is 0.123 e. The smallest absolute Gasteiger partial charge is 0.123 e. The highest BCUT2D eigenvalue weighted by atomic mass is 16.5. The van der Waals surface area contributed by atoms with Gasteiger partial charge in [-0.15, -0.1) is 0 Å². The van der Waals surface area contributed by atoms with Crippen LogP contribution in [-0.2, 0) is 13.0 Å². The first-order valence-corrected chi connectivity index (χ1v) is 8.79. The summed E-state index contributed by atoms with van der Waals surface area (Å²) in [6, 6.07) is 6.57. The van der Waals surface area contributed by atoms with Crippen LogP contribution in [0.15, 0.2) is 18.2 Å². The van der Waals surface area contributed by atoms with Crippen LogP contribution in [0.25, 0.3) is 0 Å². The van der Waals surface area contributed by atoms with Crippen molar-refractivity contribution in [3.05, 3.63) is 29.3 Å². The first-order valence-electron chi connectivity index (χ1n) is 8.79. The molecule has 4 heteroatoms. The average Bonchev–Trinajstić information content (AvgIpc) is 2.97. The molecule has 1 aromatic carbocycles. The molecule has 4 atom stereocenters. The molecule has 0 aromatic heterocycles. The fourth-order valence-corrected chi connectivity index (χ4v) is 4.65. The summed E-state index contributed by atoms with van der Waals surface area (Å²) in [7, 11) is 0. The first-order chi connectivity index (χ1) is 10.9. The molecule has 3 aliphatic rings. The molecule has 0 radical (unpaired) electrons. The zero-order chi connectivity index (χ0) is 16.2. The Morgan fingerprint density at radius 2 is 1.78 bits per heavy atom. The van der Waals surface area contributed by atoms with E-state index >= 15 is 0 Å². The van der Waals surface area contributed by atoms with Crippen LogP contribution in [-0.4, -0.2) is 46.0 Å². The van der Waals surface area contributed by atoms with Gasteiger partial charge in [0.05, 0.1) is 12.2 Å². The topological polar surface area (TPSA) is 52.9 Å². The van der Waals surface area contributed by atoms with Gasteiger partial charge in [0.2, 0.25) is 0 Å². The van der Waals surface area contributed by atoms with E-state index in [-0.39, 0.29) is 5.60 Å². The molecule has 1 saturated carbocycles. The summed E-state index contributed by atoms with van der Waals surface area (Å²) >= 11 is 0. The molecule has 1 aliphatic carbocycles. The molecule has 23 heavy (non-hydrogen) atoms. The third-order valence-electron chi connectivity index (χ3n) is 5.72. The van der Waals surface area contributed by atoms with Crippen LogP contribution in [0.1, 0.15) is 37.8 Å². The van der Waals surface area contributed by atoms with Gasteiger partial charge in [0, 0.05) is 26.1 Å². The summed E-state index contributed by atoms with van der Waals surface area (Å²) in [5.74, 6) is 2.09. The Morgan fingerprint density at radius 1 is 1.13 bits per heavy atom. The van der Waals surface area contributed by atoms with Crippen molar-refractivity contribution in [1.82, 2.24) is 4.90 Å². The largest absolute Gasteiger partial charge is 0.487 e. The fourth-order valence-electron chi connectivity index (χ4n) is 4.65. The predicted octanol–water partition coefficient (Wildman–Crippen LogP) is 1.96. The fraction of sp³-hybridized carbons (Fsp3) is 0.684. The predicted molar refractivity (Wildman–Crippen MR) is 88.4 cm³/mol. The highest BCUT2D eigenvalue weighted by Gasteiger charge is 2.41. The molecule has 1 aromatic rings. The van der Waals surface area contributed by atoms with Gasteiger partial charge in [0.15, 0.2) is 0 Å².